The molecule has 9 heteroatoms. The lowest BCUT2D eigenvalue weighted by molar-refractivity contribution is -0.143. The molecule has 0 aromatic rings. The molecule has 3 unspecified atom stereocenters. The van der Waals surface area contributed by atoms with Crippen LogP contribution >= 0.6 is 12.6 Å². The third-order valence-electron chi connectivity index (χ3n) is 5.12. The van der Waals surface area contributed by atoms with E-state index in [0.29, 0.717) is 31.2 Å². The van der Waals surface area contributed by atoms with Gasteiger partial charge in [-0.1, -0.05) is 33.6 Å². The van der Waals surface area contributed by atoms with Crippen LogP contribution in [0, 0.1) is 5.92 Å². The molecule has 0 aliphatic carbocycles. The number of nitrogens with zero attached hydrogens (tertiary/aromatic N) is 1. The van der Waals surface area contributed by atoms with Crippen LogP contribution < -0.4 is 16.4 Å². The lowest BCUT2D eigenvalue weighted by Crippen LogP contribution is -2.55. The molecular weight excluding hydrogens is 380 g/mol. The molecule has 0 saturated heterocycles. The maximum absolute atomic E-state index is 12.7. The van der Waals surface area contributed by atoms with Crippen molar-refractivity contribution in [3.8, 4) is 0 Å². The number of aliphatic hydroxyl groups excluding tert-OH is 1. The van der Waals surface area contributed by atoms with E-state index in [4.69, 9.17) is 10.8 Å². The minimum atomic E-state index is -1.14. The van der Waals surface area contributed by atoms with E-state index in [-0.39, 0.29) is 31.0 Å². The molecule has 0 rings (SSSR count). The van der Waals surface area contributed by atoms with Crippen molar-refractivity contribution in [3.63, 3.8) is 0 Å². The van der Waals surface area contributed by atoms with E-state index < -0.39 is 18.1 Å². The van der Waals surface area contributed by atoms with Gasteiger partial charge in [0.25, 0.3) is 0 Å². The Morgan fingerprint density at radius 2 is 1.89 bits per heavy atom. The van der Waals surface area contributed by atoms with Gasteiger partial charge < -0.3 is 26.6 Å². The van der Waals surface area contributed by atoms with Gasteiger partial charge in [0.15, 0.2) is 0 Å². The number of likely N-dealkylation sites (N-methyl/N-ethyl adjacent to an activating group) is 1. The number of nitrogens with one attached hydrogen (secondary N) is 2. The summed E-state index contributed by atoms with van der Waals surface area (Å²) in [5, 5.41) is 24.3. The van der Waals surface area contributed by atoms with Gasteiger partial charge in [-0.2, -0.15) is 12.6 Å². The second-order valence-corrected chi connectivity index (χ2v) is 7.86. The number of hydrogen-bond donors (Lipinski definition) is 6. The van der Waals surface area contributed by atoms with Crippen molar-refractivity contribution in [3.05, 3.63) is 0 Å². The summed E-state index contributed by atoms with van der Waals surface area (Å²) in [4.78, 5) is 26.0. The fourth-order valence-electron chi connectivity index (χ4n) is 3.01. The number of aliphatic hydroxyl groups is 1. The average molecular weight is 421 g/mol. The van der Waals surface area contributed by atoms with Crippen LogP contribution in [-0.2, 0) is 9.59 Å². The molecule has 8 nitrogen and oxygen atoms in total. The van der Waals surface area contributed by atoms with E-state index in [1.54, 1.807) is 0 Å². The second-order valence-electron chi connectivity index (χ2n) is 7.50. The Kier molecular flexibility index (Phi) is 14.6. The Hall–Kier alpha value is -0.870. The van der Waals surface area contributed by atoms with Crippen LogP contribution in [0.2, 0.25) is 0 Å². The molecule has 166 valence electrons. The molecule has 5 atom stereocenters. The Morgan fingerprint density at radius 1 is 1.25 bits per heavy atom. The van der Waals surface area contributed by atoms with Crippen LogP contribution in [0.15, 0.2) is 0 Å². The highest BCUT2D eigenvalue weighted by molar-refractivity contribution is 7.80. The van der Waals surface area contributed by atoms with Crippen LogP contribution in [0.3, 0.4) is 0 Å². The van der Waals surface area contributed by atoms with Crippen LogP contribution in [0.4, 0.5) is 0 Å². The van der Waals surface area contributed by atoms with E-state index in [2.05, 4.69) is 37.1 Å². The van der Waals surface area contributed by atoms with Crippen LogP contribution in [0.25, 0.3) is 0 Å². The molecule has 0 spiro atoms. The predicted molar refractivity (Wildman–Crippen MR) is 116 cm³/mol. The van der Waals surface area contributed by atoms with Gasteiger partial charge in [0.1, 0.15) is 6.04 Å². The molecule has 0 heterocycles. The van der Waals surface area contributed by atoms with Crippen LogP contribution in [0.5, 0.6) is 0 Å². The number of nitrogens with two attached hydrogens (primary N) is 1. The first-order valence-electron chi connectivity index (χ1n) is 10.2. The molecule has 0 fully saturated rings. The predicted octanol–water partition coefficient (Wildman–Crippen LogP) is 0.300. The summed E-state index contributed by atoms with van der Waals surface area (Å²) in [7, 11) is 1.89. The van der Waals surface area contributed by atoms with E-state index >= 15 is 0 Å². The highest BCUT2D eigenvalue weighted by atomic mass is 32.1. The molecule has 28 heavy (non-hydrogen) atoms. The summed E-state index contributed by atoms with van der Waals surface area (Å²) < 4.78 is 0. The average Bonchev–Trinajstić information content (AvgIpc) is 2.67. The molecule has 0 aromatic carbocycles. The third kappa shape index (κ3) is 10.1. The van der Waals surface area contributed by atoms with E-state index in [1.807, 2.05) is 18.9 Å². The van der Waals surface area contributed by atoms with Crippen LogP contribution in [0.1, 0.15) is 46.5 Å². The quantitative estimate of drug-likeness (QED) is 0.198. The summed E-state index contributed by atoms with van der Waals surface area (Å²) in [5.74, 6) is -0.473. The van der Waals surface area contributed by atoms with Gasteiger partial charge in [-0.3, -0.25) is 9.69 Å². The minimum absolute atomic E-state index is 0.0116. The minimum Gasteiger partial charge on any atom is -0.480 e. The highest BCUT2D eigenvalue weighted by Crippen LogP contribution is 2.13. The van der Waals surface area contributed by atoms with Crippen molar-refractivity contribution in [2.24, 2.45) is 11.7 Å². The van der Waals surface area contributed by atoms with Crippen molar-refractivity contribution in [2.75, 3.05) is 32.5 Å². The number of hydrogen-bond acceptors (Lipinski definition) is 7. The monoisotopic (exact) mass is 420 g/mol. The van der Waals surface area contributed by atoms with Crippen LogP contribution in [-0.4, -0.2) is 83.7 Å². The second kappa shape index (κ2) is 15.0. The normalized spacial score (nSPS) is 17.0. The zero-order valence-electron chi connectivity index (χ0n) is 17.7. The van der Waals surface area contributed by atoms with Crippen molar-refractivity contribution >= 4 is 24.5 Å². The van der Waals surface area contributed by atoms with Gasteiger partial charge in [0.2, 0.25) is 5.91 Å². The van der Waals surface area contributed by atoms with E-state index in [1.165, 1.54) is 0 Å². The fraction of sp³-hybridized carbons (Fsp3) is 0.895. The summed E-state index contributed by atoms with van der Waals surface area (Å²) in [6.45, 7) is 7.27. The van der Waals surface area contributed by atoms with Gasteiger partial charge >= 0.3 is 5.97 Å². The number of thiol groups is 1. The molecule has 0 aromatic heterocycles. The Bertz CT molecular complexity index is 456. The lowest BCUT2D eigenvalue weighted by atomic mass is 9.97. The van der Waals surface area contributed by atoms with Crippen molar-refractivity contribution in [1.29, 1.82) is 0 Å². The van der Waals surface area contributed by atoms with Gasteiger partial charge in [0, 0.05) is 44.0 Å². The highest BCUT2D eigenvalue weighted by Gasteiger charge is 2.29. The molecule has 0 aliphatic heterocycles. The van der Waals surface area contributed by atoms with E-state index in [0.717, 1.165) is 12.8 Å². The van der Waals surface area contributed by atoms with Crippen molar-refractivity contribution < 1.29 is 19.8 Å². The summed E-state index contributed by atoms with van der Waals surface area (Å²) >= 11 is 4.22. The zero-order chi connectivity index (χ0) is 21.7. The van der Waals surface area contributed by atoms with Gasteiger partial charge in [0.05, 0.1) is 6.04 Å². The van der Waals surface area contributed by atoms with Gasteiger partial charge in [-0.25, -0.2) is 4.79 Å². The molecular formula is C19H40N4O4S. The van der Waals surface area contributed by atoms with Crippen molar-refractivity contribution in [2.45, 2.75) is 70.6 Å². The number of aliphatic carboxylic acids is 1. The summed E-state index contributed by atoms with van der Waals surface area (Å²) in [6, 6.07) is -1.40. The zero-order valence-corrected chi connectivity index (χ0v) is 18.6. The summed E-state index contributed by atoms with van der Waals surface area (Å²) in [6.07, 6.45) is 2.40. The van der Waals surface area contributed by atoms with Gasteiger partial charge in [-0.05, 0) is 19.4 Å². The Labute approximate surface area is 175 Å². The topological polar surface area (TPSA) is 128 Å². The fourth-order valence-corrected chi connectivity index (χ4v) is 3.14. The standard InChI is InChI=1S/C19H40N4O4S/c1-5-7-17(18(25)22-15(8-9-24)19(26)27)23(4)11-16(13(3)6-2)21-10-14(20)12-28/h13-17,21,24,28H,5-12,20H2,1-4H3,(H,22,25)(H,26,27)/t13?,14-,15?,16?,17+/m0/s1. The third-order valence-corrected chi connectivity index (χ3v) is 5.59. The molecule has 0 aliphatic rings. The maximum Gasteiger partial charge on any atom is 0.326 e. The largest absolute Gasteiger partial charge is 0.480 e. The SMILES string of the molecule is CCC[C@H](C(=O)NC(CCO)C(=O)O)N(C)CC(NC[C@H](N)CS)C(C)CC. The number of amides is 1. The maximum atomic E-state index is 12.7. The summed E-state index contributed by atoms with van der Waals surface area (Å²) in [5.41, 5.74) is 5.97. The first-order chi connectivity index (χ1) is 13.2. The first kappa shape index (κ1) is 27.1. The Morgan fingerprint density at radius 3 is 2.36 bits per heavy atom. The number of carbonyl (C=O) groups excluding carboxylic acids is 1. The Balaban J connectivity index is 5.13. The number of carbonyl (C=O) groups is 2. The smallest absolute Gasteiger partial charge is 0.326 e. The van der Waals surface area contributed by atoms with Crippen molar-refractivity contribution in [1.82, 2.24) is 15.5 Å². The number of carboxylic acid groups (broad SMARTS) is 1. The number of rotatable bonds is 16. The van der Waals surface area contributed by atoms with Gasteiger partial charge in [-0.15, -0.1) is 0 Å². The molecule has 0 radical (unpaired) electrons. The first-order valence-corrected chi connectivity index (χ1v) is 10.8. The molecule has 0 saturated carbocycles. The van der Waals surface area contributed by atoms with E-state index in [9.17, 15) is 14.7 Å². The molecule has 0 bridgehead atoms. The molecule has 6 N–H and O–H groups in total. The number of carboxylic acids is 1. The lowest BCUT2D eigenvalue weighted by Gasteiger charge is -2.34. The molecule has 1 amide bonds.